The van der Waals surface area contributed by atoms with Gasteiger partial charge in [-0.05, 0) is 23.1 Å². The molecule has 0 bridgehead atoms. The van der Waals surface area contributed by atoms with Crippen molar-refractivity contribution >= 4 is 5.91 Å². The number of aliphatic hydroxyl groups excluding tert-OH is 2. The van der Waals surface area contributed by atoms with Gasteiger partial charge in [0.25, 0.3) is 0 Å². The maximum absolute atomic E-state index is 12.7. The van der Waals surface area contributed by atoms with Gasteiger partial charge >= 0.3 is 0 Å². The van der Waals surface area contributed by atoms with E-state index in [1.165, 1.54) is 11.0 Å². The topological polar surface area (TPSA) is 101 Å². The summed E-state index contributed by atoms with van der Waals surface area (Å²) in [4.78, 5) is 14.1. The van der Waals surface area contributed by atoms with Gasteiger partial charge in [0.15, 0.2) is 0 Å². The van der Waals surface area contributed by atoms with Crippen molar-refractivity contribution in [1.29, 1.82) is 0 Å². The van der Waals surface area contributed by atoms with Crippen molar-refractivity contribution in [2.75, 3.05) is 26.3 Å². The maximum Gasteiger partial charge on any atom is 0.227 e. The first-order chi connectivity index (χ1) is 12.5. The highest BCUT2D eigenvalue weighted by molar-refractivity contribution is 5.85. The van der Waals surface area contributed by atoms with E-state index in [1.807, 2.05) is 37.3 Å². The lowest BCUT2D eigenvalue weighted by molar-refractivity contribution is -0.131. The number of benzene rings is 2. The number of carbonyl (C=O) groups is 1. The zero-order valence-electron chi connectivity index (χ0n) is 14.9. The SMILES string of the molecule is CCc1c(O)cc(O)c(-c2ccccc2)c1CC(=O)N(CCO)CCO. The van der Waals surface area contributed by atoms with Gasteiger partial charge in [0, 0.05) is 24.7 Å². The van der Waals surface area contributed by atoms with E-state index in [1.54, 1.807) is 0 Å². The quantitative estimate of drug-likeness (QED) is 0.574. The van der Waals surface area contributed by atoms with Gasteiger partial charge in [-0.15, -0.1) is 0 Å². The van der Waals surface area contributed by atoms with Gasteiger partial charge in [0.1, 0.15) is 11.5 Å². The number of carbonyl (C=O) groups excluding carboxylic acids is 1. The third-order valence-electron chi connectivity index (χ3n) is 4.34. The zero-order valence-corrected chi connectivity index (χ0v) is 14.9. The van der Waals surface area contributed by atoms with Crippen LogP contribution in [0.3, 0.4) is 0 Å². The highest BCUT2D eigenvalue weighted by Crippen LogP contribution is 2.40. The number of aromatic hydroxyl groups is 2. The zero-order chi connectivity index (χ0) is 19.1. The number of aliphatic hydroxyl groups is 2. The number of amides is 1. The molecule has 0 heterocycles. The average molecular weight is 359 g/mol. The molecule has 0 aliphatic heterocycles. The van der Waals surface area contributed by atoms with Crippen LogP contribution in [0.4, 0.5) is 0 Å². The highest BCUT2D eigenvalue weighted by Gasteiger charge is 2.22. The first-order valence-electron chi connectivity index (χ1n) is 8.65. The van der Waals surface area contributed by atoms with E-state index in [-0.39, 0.29) is 50.1 Å². The summed E-state index contributed by atoms with van der Waals surface area (Å²) in [6.07, 6.45) is 0.448. The Balaban J connectivity index is 2.53. The Bertz CT molecular complexity index is 740. The molecule has 0 saturated carbocycles. The van der Waals surface area contributed by atoms with Gasteiger partial charge in [0.2, 0.25) is 5.91 Å². The van der Waals surface area contributed by atoms with Crippen molar-refractivity contribution in [1.82, 2.24) is 4.90 Å². The van der Waals surface area contributed by atoms with E-state index in [2.05, 4.69) is 0 Å². The largest absolute Gasteiger partial charge is 0.508 e. The van der Waals surface area contributed by atoms with Crippen molar-refractivity contribution in [3.05, 3.63) is 47.5 Å². The molecule has 26 heavy (non-hydrogen) atoms. The van der Waals surface area contributed by atoms with Crippen LogP contribution in [0.1, 0.15) is 18.1 Å². The van der Waals surface area contributed by atoms with Gasteiger partial charge in [-0.3, -0.25) is 4.79 Å². The Morgan fingerprint density at radius 3 is 2.12 bits per heavy atom. The van der Waals surface area contributed by atoms with E-state index < -0.39 is 0 Å². The molecule has 2 rings (SSSR count). The Kier molecular flexibility index (Phi) is 7.00. The van der Waals surface area contributed by atoms with Crippen LogP contribution in [-0.2, 0) is 17.6 Å². The second kappa shape index (κ2) is 9.22. The smallest absolute Gasteiger partial charge is 0.227 e. The normalized spacial score (nSPS) is 10.7. The van der Waals surface area contributed by atoms with Crippen LogP contribution in [0.15, 0.2) is 36.4 Å². The third-order valence-corrected chi connectivity index (χ3v) is 4.34. The Labute approximate surface area is 153 Å². The number of nitrogens with zero attached hydrogens (tertiary/aromatic N) is 1. The molecular weight excluding hydrogens is 334 g/mol. The fourth-order valence-electron chi connectivity index (χ4n) is 3.13. The molecule has 0 unspecified atom stereocenters. The van der Waals surface area contributed by atoms with Crippen LogP contribution in [0, 0.1) is 0 Å². The summed E-state index contributed by atoms with van der Waals surface area (Å²) in [7, 11) is 0. The molecule has 0 aliphatic carbocycles. The lowest BCUT2D eigenvalue weighted by Crippen LogP contribution is -2.37. The minimum atomic E-state index is -0.287. The van der Waals surface area contributed by atoms with E-state index in [0.29, 0.717) is 23.1 Å². The summed E-state index contributed by atoms with van der Waals surface area (Å²) in [5.74, 6) is -0.433. The fourth-order valence-corrected chi connectivity index (χ4v) is 3.13. The molecule has 6 nitrogen and oxygen atoms in total. The number of rotatable bonds is 8. The van der Waals surface area contributed by atoms with Crippen LogP contribution in [0.2, 0.25) is 0 Å². The molecular formula is C20H25NO5. The second-order valence-electron chi connectivity index (χ2n) is 5.97. The molecule has 0 spiro atoms. The van der Waals surface area contributed by atoms with Crippen LogP contribution in [0.5, 0.6) is 11.5 Å². The minimum absolute atomic E-state index is 0.0463. The van der Waals surface area contributed by atoms with E-state index in [4.69, 9.17) is 10.2 Å². The standard InChI is InChI=1S/C20H25NO5/c1-2-15-16(12-19(26)21(8-10-22)9-11-23)20(18(25)13-17(15)24)14-6-4-3-5-7-14/h3-7,13,22-25H,2,8-12H2,1H3. The lowest BCUT2D eigenvalue weighted by Gasteiger charge is -2.23. The van der Waals surface area contributed by atoms with Crippen LogP contribution in [-0.4, -0.2) is 57.5 Å². The van der Waals surface area contributed by atoms with Crippen LogP contribution < -0.4 is 0 Å². The predicted octanol–water partition coefficient (Wildman–Crippen LogP) is 1.68. The summed E-state index contributed by atoms with van der Waals surface area (Å²) in [5, 5.41) is 39.0. The molecule has 140 valence electrons. The van der Waals surface area contributed by atoms with Gasteiger partial charge in [-0.25, -0.2) is 0 Å². The number of phenolic OH excluding ortho intramolecular Hbond substituents is 2. The molecule has 0 aromatic heterocycles. The predicted molar refractivity (Wildman–Crippen MR) is 99.0 cm³/mol. The number of hydrogen-bond acceptors (Lipinski definition) is 5. The van der Waals surface area contributed by atoms with Gasteiger partial charge in [0.05, 0.1) is 19.6 Å². The molecule has 4 N–H and O–H groups in total. The first-order valence-corrected chi connectivity index (χ1v) is 8.65. The first kappa shape index (κ1) is 19.8. The molecule has 6 heteroatoms. The van der Waals surface area contributed by atoms with Gasteiger partial charge in [-0.1, -0.05) is 37.3 Å². The summed E-state index contributed by atoms with van der Waals surface area (Å²) in [6, 6.07) is 10.5. The molecule has 2 aromatic carbocycles. The summed E-state index contributed by atoms with van der Waals surface area (Å²) < 4.78 is 0. The van der Waals surface area contributed by atoms with E-state index in [0.717, 1.165) is 5.56 Å². The molecule has 0 radical (unpaired) electrons. The van der Waals surface area contributed by atoms with Gasteiger partial charge in [-0.2, -0.15) is 0 Å². The molecule has 0 fully saturated rings. The van der Waals surface area contributed by atoms with Crippen molar-refractivity contribution in [2.24, 2.45) is 0 Å². The van der Waals surface area contributed by atoms with Crippen molar-refractivity contribution in [3.8, 4) is 22.6 Å². The summed E-state index contributed by atoms with van der Waals surface area (Å²) >= 11 is 0. The summed E-state index contributed by atoms with van der Waals surface area (Å²) in [6.45, 7) is 1.69. The highest BCUT2D eigenvalue weighted by atomic mass is 16.3. The Morgan fingerprint density at radius 2 is 1.58 bits per heavy atom. The van der Waals surface area contributed by atoms with Gasteiger partial charge < -0.3 is 25.3 Å². The van der Waals surface area contributed by atoms with E-state index >= 15 is 0 Å². The second-order valence-corrected chi connectivity index (χ2v) is 5.97. The maximum atomic E-state index is 12.7. The minimum Gasteiger partial charge on any atom is -0.508 e. The Hall–Kier alpha value is -2.57. The molecule has 0 atom stereocenters. The number of phenols is 2. The third kappa shape index (κ3) is 4.33. The Morgan fingerprint density at radius 1 is 0.962 bits per heavy atom. The molecule has 1 amide bonds. The van der Waals surface area contributed by atoms with Crippen LogP contribution in [0.25, 0.3) is 11.1 Å². The van der Waals surface area contributed by atoms with Crippen LogP contribution >= 0.6 is 0 Å². The monoisotopic (exact) mass is 359 g/mol. The fraction of sp³-hybridized carbons (Fsp3) is 0.350. The van der Waals surface area contributed by atoms with E-state index in [9.17, 15) is 15.0 Å². The molecule has 2 aromatic rings. The molecule has 0 aliphatic rings. The molecule has 0 saturated heterocycles. The van der Waals surface area contributed by atoms with Crippen molar-refractivity contribution < 1.29 is 25.2 Å². The summed E-state index contributed by atoms with van der Waals surface area (Å²) in [5.41, 5.74) is 2.42. The van der Waals surface area contributed by atoms with Crippen molar-refractivity contribution in [3.63, 3.8) is 0 Å². The lowest BCUT2D eigenvalue weighted by atomic mass is 9.90. The average Bonchev–Trinajstić information content (AvgIpc) is 2.62. The number of hydrogen-bond donors (Lipinski definition) is 4. The van der Waals surface area contributed by atoms with Crippen molar-refractivity contribution in [2.45, 2.75) is 19.8 Å².